The van der Waals surface area contributed by atoms with Crippen LogP contribution in [0.2, 0.25) is 0 Å². The quantitative estimate of drug-likeness (QED) is 0.497. The zero-order chi connectivity index (χ0) is 25.3. The third kappa shape index (κ3) is 4.70. The Morgan fingerprint density at radius 3 is 2.86 bits per heavy atom. The summed E-state index contributed by atoms with van der Waals surface area (Å²) in [6, 6.07) is 16.7. The predicted molar refractivity (Wildman–Crippen MR) is 142 cm³/mol. The van der Waals surface area contributed by atoms with Crippen molar-refractivity contribution in [2.24, 2.45) is 5.41 Å². The molecule has 3 heterocycles. The number of fused-ring (bicyclic) bond motifs is 1. The van der Waals surface area contributed by atoms with E-state index in [-0.39, 0.29) is 5.97 Å². The molecule has 0 bridgehead atoms. The molecule has 0 amide bonds. The number of nitrogens with one attached hydrogen (secondary N) is 1. The molecule has 2 aliphatic heterocycles. The normalized spacial score (nSPS) is 19.2. The van der Waals surface area contributed by atoms with Crippen LogP contribution in [-0.2, 0) is 29.1 Å². The van der Waals surface area contributed by atoms with E-state index in [9.17, 15) is 4.79 Å². The fourth-order valence-corrected chi connectivity index (χ4v) is 5.41. The first-order valence-corrected chi connectivity index (χ1v) is 12.7. The van der Waals surface area contributed by atoms with Crippen LogP contribution < -0.4 is 15.0 Å². The Balaban J connectivity index is 1.39. The fraction of sp³-hybridized carbons (Fsp3) is 0.400. The molecule has 1 N–H and O–H groups in total. The molecule has 6 heteroatoms. The summed E-state index contributed by atoms with van der Waals surface area (Å²) < 4.78 is 11.5. The lowest BCUT2D eigenvalue weighted by atomic mass is 9.90. The van der Waals surface area contributed by atoms with Gasteiger partial charge in [0.05, 0.1) is 18.2 Å². The molecule has 1 saturated heterocycles. The first kappa shape index (κ1) is 24.3. The van der Waals surface area contributed by atoms with E-state index >= 15 is 0 Å². The number of esters is 1. The smallest absolute Gasteiger partial charge is 0.313 e. The molecule has 6 nitrogen and oxygen atoms in total. The lowest BCUT2D eigenvalue weighted by Crippen LogP contribution is -2.33. The second-order valence-corrected chi connectivity index (χ2v) is 10.3. The molecule has 1 aromatic heterocycles. The van der Waals surface area contributed by atoms with Gasteiger partial charge in [-0.3, -0.25) is 4.79 Å². The highest BCUT2D eigenvalue weighted by Crippen LogP contribution is 2.36. The molecule has 0 unspecified atom stereocenters. The zero-order valence-electron chi connectivity index (χ0n) is 21.7. The van der Waals surface area contributed by atoms with Crippen LogP contribution in [0.25, 0.3) is 11.3 Å². The molecule has 1 atom stereocenters. The van der Waals surface area contributed by atoms with E-state index in [1.54, 1.807) is 0 Å². The van der Waals surface area contributed by atoms with E-state index in [1.807, 2.05) is 31.2 Å². The molecule has 3 aromatic rings. The predicted octanol–water partition coefficient (Wildman–Crippen LogP) is 4.98. The summed E-state index contributed by atoms with van der Waals surface area (Å²) in [7, 11) is 1.46. The highest BCUT2D eigenvalue weighted by molar-refractivity contribution is 5.78. The number of aromatic nitrogens is 1. The SMILES string of the molecule is COC(=O)[C@]1(C)CCN(c2cccc(-c3cc(C)ccc3OCc3ccc4c(c3C)CCNC4)n2)C1. The maximum Gasteiger partial charge on any atom is 0.313 e. The Labute approximate surface area is 213 Å². The van der Waals surface area contributed by atoms with Gasteiger partial charge in [-0.1, -0.05) is 29.8 Å². The van der Waals surface area contributed by atoms with Crippen molar-refractivity contribution >= 4 is 11.8 Å². The van der Waals surface area contributed by atoms with Crippen molar-refractivity contribution in [2.75, 3.05) is 31.6 Å². The Morgan fingerprint density at radius 1 is 1.17 bits per heavy atom. The number of hydrogen-bond acceptors (Lipinski definition) is 6. The van der Waals surface area contributed by atoms with Crippen LogP contribution in [0, 0.1) is 19.3 Å². The molecule has 5 rings (SSSR count). The van der Waals surface area contributed by atoms with E-state index in [0.29, 0.717) is 13.2 Å². The van der Waals surface area contributed by atoms with Crippen molar-refractivity contribution in [3.05, 3.63) is 76.3 Å². The Morgan fingerprint density at radius 2 is 2.03 bits per heavy atom. The molecule has 0 spiro atoms. The van der Waals surface area contributed by atoms with Crippen LogP contribution in [0.3, 0.4) is 0 Å². The van der Waals surface area contributed by atoms with Crippen molar-refractivity contribution in [3.8, 4) is 17.0 Å². The van der Waals surface area contributed by atoms with Crippen molar-refractivity contribution < 1.29 is 14.3 Å². The maximum absolute atomic E-state index is 12.3. The third-order valence-electron chi connectivity index (χ3n) is 7.68. The number of hydrogen-bond donors (Lipinski definition) is 1. The third-order valence-corrected chi connectivity index (χ3v) is 7.68. The number of benzene rings is 2. The van der Waals surface area contributed by atoms with Crippen LogP contribution >= 0.6 is 0 Å². The molecule has 0 aliphatic carbocycles. The molecule has 1 fully saturated rings. The Kier molecular flexibility index (Phi) is 6.71. The molecular formula is C30H35N3O3. The van der Waals surface area contributed by atoms with Crippen molar-refractivity contribution in [1.82, 2.24) is 10.3 Å². The Hall–Kier alpha value is -3.38. The van der Waals surface area contributed by atoms with Gasteiger partial charge in [-0.05, 0) is 86.7 Å². The molecule has 188 valence electrons. The number of rotatable bonds is 6. The lowest BCUT2D eigenvalue weighted by Gasteiger charge is -2.23. The average Bonchev–Trinajstić information content (AvgIpc) is 3.32. The van der Waals surface area contributed by atoms with E-state index < -0.39 is 5.41 Å². The molecular weight excluding hydrogens is 450 g/mol. The first-order chi connectivity index (χ1) is 17.4. The number of methoxy groups -OCH3 is 1. The van der Waals surface area contributed by atoms with Crippen LogP contribution in [-0.4, -0.2) is 37.7 Å². The summed E-state index contributed by atoms with van der Waals surface area (Å²) in [5, 5.41) is 3.45. The minimum Gasteiger partial charge on any atom is -0.488 e. The van der Waals surface area contributed by atoms with E-state index in [0.717, 1.165) is 60.9 Å². The number of ether oxygens (including phenoxy) is 2. The summed E-state index contributed by atoms with van der Waals surface area (Å²) in [5.41, 5.74) is 7.91. The highest BCUT2D eigenvalue weighted by Gasteiger charge is 2.41. The van der Waals surface area contributed by atoms with Crippen molar-refractivity contribution in [1.29, 1.82) is 0 Å². The number of pyridine rings is 1. The van der Waals surface area contributed by atoms with Crippen molar-refractivity contribution in [3.63, 3.8) is 0 Å². The first-order valence-electron chi connectivity index (χ1n) is 12.7. The van der Waals surface area contributed by atoms with Gasteiger partial charge in [0.25, 0.3) is 0 Å². The summed E-state index contributed by atoms with van der Waals surface area (Å²) >= 11 is 0. The van der Waals surface area contributed by atoms with E-state index in [4.69, 9.17) is 14.5 Å². The number of nitrogens with zero attached hydrogens (tertiary/aromatic N) is 2. The van der Waals surface area contributed by atoms with Gasteiger partial charge in [-0.15, -0.1) is 0 Å². The molecule has 0 radical (unpaired) electrons. The minimum atomic E-state index is -0.507. The standard InChI is InChI=1S/C30H35N3O3/c1-20-8-11-27(36-18-23-10-9-22-17-31-14-12-24(22)21(23)2)25(16-20)26-6-5-7-28(32-26)33-15-13-30(3,19-33)29(34)35-4/h5-11,16,31H,12-15,17-19H2,1-4H3/t30-/m1/s1. The largest absolute Gasteiger partial charge is 0.488 e. The van der Waals surface area contributed by atoms with E-state index in [1.165, 1.54) is 29.4 Å². The van der Waals surface area contributed by atoms with Crippen LogP contribution in [0.4, 0.5) is 5.82 Å². The molecule has 2 aliphatic rings. The van der Waals surface area contributed by atoms with Gasteiger partial charge in [0, 0.05) is 25.2 Å². The number of aryl methyl sites for hydroxylation is 1. The maximum atomic E-state index is 12.3. The monoisotopic (exact) mass is 485 g/mol. The van der Waals surface area contributed by atoms with Gasteiger partial charge in [0.1, 0.15) is 18.2 Å². The number of carbonyl (C=O) groups excluding carboxylic acids is 1. The van der Waals surface area contributed by atoms with Crippen molar-refractivity contribution in [2.45, 2.75) is 46.8 Å². The van der Waals surface area contributed by atoms with Gasteiger partial charge >= 0.3 is 5.97 Å². The van der Waals surface area contributed by atoms with Gasteiger partial charge in [-0.25, -0.2) is 4.98 Å². The molecule has 2 aromatic carbocycles. The Bertz CT molecular complexity index is 1290. The summed E-state index contributed by atoms with van der Waals surface area (Å²) in [4.78, 5) is 19.4. The van der Waals surface area contributed by atoms with Gasteiger partial charge in [0.2, 0.25) is 0 Å². The summed E-state index contributed by atoms with van der Waals surface area (Å²) in [6.45, 7) is 10.1. The second kappa shape index (κ2) is 9.94. The summed E-state index contributed by atoms with van der Waals surface area (Å²) in [5.74, 6) is 1.53. The topological polar surface area (TPSA) is 63.7 Å². The zero-order valence-corrected chi connectivity index (χ0v) is 21.7. The fourth-order valence-electron chi connectivity index (χ4n) is 5.41. The minimum absolute atomic E-state index is 0.163. The van der Waals surface area contributed by atoms with Crippen LogP contribution in [0.15, 0.2) is 48.5 Å². The molecule has 36 heavy (non-hydrogen) atoms. The van der Waals surface area contributed by atoms with Gasteiger partial charge < -0.3 is 19.7 Å². The van der Waals surface area contributed by atoms with Crippen LogP contribution in [0.1, 0.15) is 41.2 Å². The van der Waals surface area contributed by atoms with Gasteiger partial charge in [0.15, 0.2) is 0 Å². The second-order valence-electron chi connectivity index (χ2n) is 10.3. The highest BCUT2D eigenvalue weighted by atomic mass is 16.5. The van der Waals surface area contributed by atoms with Gasteiger partial charge in [-0.2, -0.15) is 0 Å². The average molecular weight is 486 g/mol. The number of anilines is 1. The summed E-state index contributed by atoms with van der Waals surface area (Å²) in [6.07, 6.45) is 1.81. The van der Waals surface area contributed by atoms with Crippen LogP contribution in [0.5, 0.6) is 5.75 Å². The number of carbonyl (C=O) groups is 1. The van der Waals surface area contributed by atoms with E-state index in [2.05, 4.69) is 48.3 Å². The lowest BCUT2D eigenvalue weighted by molar-refractivity contribution is -0.150. The molecule has 0 saturated carbocycles.